The maximum atomic E-state index is 12.8. The Hall–Kier alpha value is -2.42. The Morgan fingerprint density at radius 2 is 1.80 bits per heavy atom. The van der Waals surface area contributed by atoms with Crippen LogP contribution < -0.4 is 0 Å². The van der Waals surface area contributed by atoms with Gasteiger partial charge >= 0.3 is 6.18 Å². The smallest absolute Gasteiger partial charge is 0.416 e. The van der Waals surface area contributed by atoms with E-state index in [9.17, 15) is 13.2 Å². The van der Waals surface area contributed by atoms with Crippen molar-refractivity contribution >= 4 is 11.1 Å². The van der Waals surface area contributed by atoms with E-state index in [1.807, 2.05) is 6.07 Å². The third kappa shape index (κ3) is 1.92. The van der Waals surface area contributed by atoms with Gasteiger partial charge in [0.05, 0.1) is 22.8 Å². The highest BCUT2D eigenvalue weighted by molar-refractivity contribution is 6.00. The molecule has 0 aromatic heterocycles. The van der Waals surface area contributed by atoms with Gasteiger partial charge in [-0.1, -0.05) is 6.07 Å². The van der Waals surface area contributed by atoms with Crippen molar-refractivity contribution in [2.45, 2.75) is 6.18 Å². The molecule has 0 N–H and O–H groups in total. The molecule has 0 atom stereocenters. The zero-order valence-corrected chi connectivity index (χ0v) is 10.1. The van der Waals surface area contributed by atoms with Gasteiger partial charge in [-0.2, -0.15) is 18.4 Å². The van der Waals surface area contributed by atoms with E-state index in [1.54, 1.807) is 0 Å². The summed E-state index contributed by atoms with van der Waals surface area (Å²) in [5.74, 6) is 0.177. The van der Waals surface area contributed by atoms with Gasteiger partial charge in [-0.25, -0.2) is 0 Å². The lowest BCUT2D eigenvalue weighted by molar-refractivity contribution is -0.137. The van der Waals surface area contributed by atoms with Crippen LogP contribution in [0.5, 0.6) is 0 Å². The van der Waals surface area contributed by atoms with Gasteiger partial charge in [0, 0.05) is 5.56 Å². The van der Waals surface area contributed by atoms with Gasteiger partial charge in [0.2, 0.25) is 0 Å². The molecule has 0 radical (unpaired) electrons. The average molecular weight is 279 g/mol. The fourth-order valence-corrected chi connectivity index (χ4v) is 2.21. The number of nitriles is 1. The molecule has 102 valence electrons. The fourth-order valence-electron chi connectivity index (χ4n) is 2.21. The predicted octanol–water partition coefficient (Wildman–Crippen LogP) is 3.34. The molecule has 0 bridgehead atoms. The molecule has 6 heteroatoms. The first-order valence-corrected chi connectivity index (χ1v) is 5.84. The molecule has 1 aromatic carbocycles. The van der Waals surface area contributed by atoms with E-state index >= 15 is 0 Å². The molecule has 1 aliphatic carbocycles. The Kier molecular flexibility index (Phi) is 2.71. The maximum Gasteiger partial charge on any atom is 0.416 e. The Labute approximate surface area is 112 Å². The Morgan fingerprint density at radius 1 is 1.10 bits per heavy atom. The van der Waals surface area contributed by atoms with Crippen LogP contribution in [0, 0.1) is 11.3 Å². The summed E-state index contributed by atoms with van der Waals surface area (Å²) in [5, 5.41) is 9.06. The first-order valence-electron chi connectivity index (χ1n) is 5.84. The summed E-state index contributed by atoms with van der Waals surface area (Å²) in [4.78, 5) is 0. The highest BCUT2D eigenvalue weighted by Gasteiger charge is 2.33. The molecule has 1 fully saturated rings. The summed E-state index contributed by atoms with van der Waals surface area (Å²) in [6.45, 7) is 0.700. The van der Waals surface area contributed by atoms with Crippen molar-refractivity contribution in [1.29, 1.82) is 5.26 Å². The lowest BCUT2D eigenvalue weighted by atomic mass is 10.0. The van der Waals surface area contributed by atoms with Gasteiger partial charge in [0.1, 0.15) is 13.2 Å². The molecule has 2 aliphatic rings. The topological polar surface area (TPSA) is 42.2 Å². The van der Waals surface area contributed by atoms with E-state index in [2.05, 4.69) is 0 Å². The third-order valence-electron chi connectivity index (χ3n) is 3.11. The van der Waals surface area contributed by atoms with Crippen LogP contribution >= 0.6 is 0 Å². The number of nitrogens with zero attached hydrogens (tertiary/aromatic N) is 1. The Bertz CT molecular complexity index is 673. The van der Waals surface area contributed by atoms with Gasteiger partial charge < -0.3 is 9.47 Å². The lowest BCUT2D eigenvalue weighted by Crippen LogP contribution is -2.05. The molecule has 3 nitrogen and oxygen atoms in total. The monoisotopic (exact) mass is 279 g/mol. The van der Waals surface area contributed by atoms with Crippen molar-refractivity contribution in [2.75, 3.05) is 13.2 Å². The van der Waals surface area contributed by atoms with Crippen LogP contribution in [-0.2, 0) is 15.7 Å². The number of hydrogen-bond donors (Lipinski definition) is 0. The summed E-state index contributed by atoms with van der Waals surface area (Å²) in [5.41, 5.74) is 0.700. The second-order valence-corrected chi connectivity index (χ2v) is 4.33. The standard InChI is InChI=1S/C14H8F3NO2/c15-14(16,17)9-1-2-10-8(7-18)5-12(11(10)6-9)13-19-3-4-20-13/h1-2,5-6H,3-4H2. The molecule has 0 amide bonds. The Morgan fingerprint density at radius 3 is 2.40 bits per heavy atom. The summed E-state index contributed by atoms with van der Waals surface area (Å²) in [6.07, 6.45) is -2.94. The molecule has 0 spiro atoms. The van der Waals surface area contributed by atoms with E-state index in [-0.39, 0.29) is 5.95 Å². The highest BCUT2D eigenvalue weighted by Crippen LogP contribution is 2.41. The number of halogens is 3. The highest BCUT2D eigenvalue weighted by atomic mass is 19.4. The minimum atomic E-state index is -4.43. The molecule has 1 aliphatic heterocycles. The van der Waals surface area contributed by atoms with Crippen LogP contribution in [0.4, 0.5) is 13.2 Å². The van der Waals surface area contributed by atoms with E-state index in [1.165, 1.54) is 12.1 Å². The number of benzene rings is 1. The van der Waals surface area contributed by atoms with Gasteiger partial charge in [-0.3, -0.25) is 0 Å². The van der Waals surface area contributed by atoms with Crippen LogP contribution in [0.3, 0.4) is 0 Å². The van der Waals surface area contributed by atoms with Crippen molar-refractivity contribution in [1.82, 2.24) is 0 Å². The van der Waals surface area contributed by atoms with Gasteiger partial charge in [0.25, 0.3) is 5.95 Å². The van der Waals surface area contributed by atoms with Crippen LogP contribution in [0.2, 0.25) is 0 Å². The molecule has 1 aromatic rings. The number of ether oxygens (including phenoxy) is 2. The number of hydrogen-bond acceptors (Lipinski definition) is 3. The van der Waals surface area contributed by atoms with Crippen molar-refractivity contribution in [3.8, 4) is 6.07 Å². The van der Waals surface area contributed by atoms with Crippen LogP contribution in [0.25, 0.3) is 11.1 Å². The summed E-state index contributed by atoms with van der Waals surface area (Å²) < 4.78 is 48.8. The Balaban J connectivity index is 2.18. The fraction of sp³-hybridized carbons (Fsp3) is 0.214. The molecular weight excluding hydrogens is 271 g/mol. The SMILES string of the molecule is N#CC1=CC(=C2OCCO2)c2cc(C(F)(F)F)ccc21. The number of alkyl halides is 3. The molecule has 20 heavy (non-hydrogen) atoms. The molecule has 3 rings (SSSR count). The van der Waals surface area contributed by atoms with Gasteiger partial charge in [-0.15, -0.1) is 0 Å². The normalized spacial score (nSPS) is 17.2. The number of fused-ring (bicyclic) bond motifs is 1. The van der Waals surface area contributed by atoms with Gasteiger partial charge in [-0.05, 0) is 23.8 Å². The minimum Gasteiger partial charge on any atom is -0.461 e. The molecule has 0 unspecified atom stereocenters. The first-order chi connectivity index (χ1) is 9.50. The lowest BCUT2D eigenvalue weighted by Gasteiger charge is -2.10. The summed E-state index contributed by atoms with van der Waals surface area (Å²) in [7, 11) is 0. The zero-order valence-electron chi connectivity index (χ0n) is 10.1. The largest absolute Gasteiger partial charge is 0.461 e. The van der Waals surface area contributed by atoms with Crippen molar-refractivity contribution < 1.29 is 22.6 Å². The number of rotatable bonds is 0. The first kappa shape index (κ1) is 12.6. The average Bonchev–Trinajstić information content (AvgIpc) is 3.03. The minimum absolute atomic E-state index is 0.177. The molecule has 1 heterocycles. The van der Waals surface area contributed by atoms with Crippen LogP contribution in [-0.4, -0.2) is 13.2 Å². The summed E-state index contributed by atoms with van der Waals surface area (Å²) >= 11 is 0. The zero-order chi connectivity index (χ0) is 14.3. The summed E-state index contributed by atoms with van der Waals surface area (Å²) in [6, 6.07) is 5.25. The van der Waals surface area contributed by atoms with Gasteiger partial charge in [0.15, 0.2) is 0 Å². The molecule has 0 saturated carbocycles. The quantitative estimate of drug-likeness (QED) is 0.731. The van der Waals surface area contributed by atoms with Crippen LogP contribution in [0.1, 0.15) is 16.7 Å². The van der Waals surface area contributed by atoms with Crippen molar-refractivity contribution in [3.05, 3.63) is 46.9 Å². The van der Waals surface area contributed by atoms with E-state index in [4.69, 9.17) is 14.7 Å². The molecular formula is C14H8F3NO2. The van der Waals surface area contributed by atoms with E-state index in [0.717, 1.165) is 12.1 Å². The predicted molar refractivity (Wildman–Crippen MR) is 63.9 cm³/mol. The second kappa shape index (κ2) is 4.30. The number of allylic oxidation sites excluding steroid dienone is 3. The van der Waals surface area contributed by atoms with Crippen molar-refractivity contribution in [3.63, 3.8) is 0 Å². The molecule has 1 saturated heterocycles. The third-order valence-corrected chi connectivity index (χ3v) is 3.11. The van der Waals surface area contributed by atoms with Crippen LogP contribution in [0.15, 0.2) is 30.2 Å². The second-order valence-electron chi connectivity index (χ2n) is 4.33. The maximum absolute atomic E-state index is 12.8. The van der Waals surface area contributed by atoms with E-state index < -0.39 is 11.7 Å². The van der Waals surface area contributed by atoms with E-state index in [0.29, 0.717) is 35.5 Å². The van der Waals surface area contributed by atoms with Crippen molar-refractivity contribution in [2.24, 2.45) is 0 Å².